The van der Waals surface area contributed by atoms with Crippen molar-refractivity contribution in [2.75, 3.05) is 5.73 Å². The molecule has 3 rings (SSSR count). The van der Waals surface area contributed by atoms with Gasteiger partial charge >= 0.3 is 0 Å². The molecule has 0 bridgehead atoms. The first-order valence-electron chi connectivity index (χ1n) is 8.25. The predicted octanol–water partition coefficient (Wildman–Crippen LogP) is 2.19. The average Bonchev–Trinajstić information content (AvgIpc) is 3.30. The van der Waals surface area contributed by atoms with Crippen LogP contribution in [0, 0.1) is 13.8 Å². The number of thiophene rings is 1. The fourth-order valence-electron chi connectivity index (χ4n) is 2.70. The van der Waals surface area contributed by atoms with Crippen LogP contribution in [0.25, 0.3) is 5.82 Å². The number of aryl methyl sites for hydroxylation is 2. The zero-order valence-corrected chi connectivity index (χ0v) is 16.5. The molecule has 11 heteroatoms. The summed E-state index contributed by atoms with van der Waals surface area (Å²) >= 11 is 1.68. The Balaban J connectivity index is 1.89. The second kappa shape index (κ2) is 7.27. The zero-order chi connectivity index (χ0) is 19.7. The molecule has 3 aromatic heterocycles. The van der Waals surface area contributed by atoms with Crippen molar-refractivity contribution in [2.24, 2.45) is 5.10 Å². The standard InChI is InChI=1S/C16H20N8O2S/c1-7(2)13-12(19-23-24(13)15-14(17)21-26-22-15)16(25)20-18-9(4)11-6-8(3)27-10(11)5/h6-7H,1-5H3,(H2,17,21)(H,20,25). The first kappa shape index (κ1) is 18.7. The van der Waals surface area contributed by atoms with E-state index in [0.717, 1.165) is 10.4 Å². The Morgan fingerprint density at radius 1 is 1.37 bits per heavy atom. The van der Waals surface area contributed by atoms with Gasteiger partial charge in [-0.15, -0.1) is 16.4 Å². The van der Waals surface area contributed by atoms with Gasteiger partial charge < -0.3 is 5.73 Å². The van der Waals surface area contributed by atoms with E-state index < -0.39 is 5.91 Å². The number of carbonyl (C=O) groups is 1. The lowest BCUT2D eigenvalue weighted by Gasteiger charge is -2.08. The Hall–Kier alpha value is -3.08. The van der Waals surface area contributed by atoms with E-state index in [4.69, 9.17) is 5.73 Å². The molecule has 0 aromatic carbocycles. The van der Waals surface area contributed by atoms with Crippen LogP contribution in [0.3, 0.4) is 0 Å². The summed E-state index contributed by atoms with van der Waals surface area (Å²) in [5.74, 6) is -0.298. The van der Waals surface area contributed by atoms with Gasteiger partial charge in [0.05, 0.1) is 11.4 Å². The quantitative estimate of drug-likeness (QED) is 0.505. The maximum atomic E-state index is 12.6. The predicted molar refractivity (Wildman–Crippen MR) is 101 cm³/mol. The number of amides is 1. The number of nitrogens with one attached hydrogen (secondary N) is 1. The van der Waals surface area contributed by atoms with Gasteiger partial charge in [-0.25, -0.2) is 10.1 Å². The van der Waals surface area contributed by atoms with Gasteiger partial charge in [0.15, 0.2) is 5.69 Å². The van der Waals surface area contributed by atoms with E-state index in [2.05, 4.69) is 35.8 Å². The molecule has 27 heavy (non-hydrogen) atoms. The van der Waals surface area contributed by atoms with Crippen molar-refractivity contribution in [3.8, 4) is 5.82 Å². The molecule has 0 radical (unpaired) electrons. The van der Waals surface area contributed by atoms with E-state index >= 15 is 0 Å². The van der Waals surface area contributed by atoms with Crippen molar-refractivity contribution >= 4 is 28.8 Å². The molecular formula is C16H20N8O2S. The Labute approximate surface area is 159 Å². The number of hydrogen-bond acceptors (Lipinski definition) is 9. The van der Waals surface area contributed by atoms with Gasteiger partial charge in [0.1, 0.15) is 0 Å². The number of carbonyl (C=O) groups excluding carboxylic acids is 1. The van der Waals surface area contributed by atoms with E-state index in [1.165, 1.54) is 9.56 Å². The third-order valence-electron chi connectivity index (χ3n) is 3.92. The van der Waals surface area contributed by atoms with Crippen molar-refractivity contribution in [3.63, 3.8) is 0 Å². The van der Waals surface area contributed by atoms with Crippen LogP contribution in [-0.4, -0.2) is 36.9 Å². The summed E-state index contributed by atoms with van der Waals surface area (Å²) < 4.78 is 5.97. The van der Waals surface area contributed by atoms with Crippen molar-refractivity contribution in [2.45, 2.75) is 40.5 Å². The molecule has 3 heterocycles. The smallest absolute Gasteiger partial charge is 0.293 e. The molecule has 0 spiro atoms. The normalized spacial score (nSPS) is 12.0. The summed E-state index contributed by atoms with van der Waals surface area (Å²) in [7, 11) is 0. The first-order chi connectivity index (χ1) is 12.8. The topological polar surface area (TPSA) is 137 Å². The molecule has 3 N–H and O–H groups in total. The molecule has 0 saturated carbocycles. The summed E-state index contributed by atoms with van der Waals surface area (Å²) in [6.45, 7) is 9.71. The third-order valence-corrected chi connectivity index (χ3v) is 4.88. The molecule has 0 fully saturated rings. The molecule has 0 unspecified atom stereocenters. The van der Waals surface area contributed by atoms with Gasteiger partial charge in [0, 0.05) is 15.3 Å². The highest BCUT2D eigenvalue weighted by molar-refractivity contribution is 7.12. The minimum absolute atomic E-state index is 0.0610. The summed E-state index contributed by atoms with van der Waals surface area (Å²) in [6.07, 6.45) is 0. The molecule has 0 atom stereocenters. The number of nitrogens with zero attached hydrogens (tertiary/aromatic N) is 6. The van der Waals surface area contributed by atoms with Gasteiger partial charge in [-0.3, -0.25) is 4.79 Å². The largest absolute Gasteiger partial charge is 0.378 e. The fraction of sp³-hybridized carbons (Fsp3) is 0.375. The summed E-state index contributed by atoms with van der Waals surface area (Å²) in [5, 5.41) is 19.4. The van der Waals surface area contributed by atoms with E-state index in [9.17, 15) is 4.79 Å². The number of rotatable bonds is 5. The number of hydrogen-bond donors (Lipinski definition) is 2. The first-order valence-corrected chi connectivity index (χ1v) is 9.07. The number of nitrogens with two attached hydrogens (primary N) is 1. The van der Waals surface area contributed by atoms with Crippen molar-refractivity contribution < 1.29 is 9.42 Å². The Kier molecular flexibility index (Phi) is 5.04. The molecule has 0 aliphatic heterocycles. The molecule has 0 aliphatic rings. The van der Waals surface area contributed by atoms with E-state index in [1.54, 1.807) is 11.3 Å². The molecule has 142 valence electrons. The zero-order valence-electron chi connectivity index (χ0n) is 15.6. The van der Waals surface area contributed by atoms with Crippen LogP contribution in [0.5, 0.6) is 0 Å². The number of anilines is 1. The molecule has 0 saturated heterocycles. The lowest BCUT2D eigenvalue weighted by molar-refractivity contribution is 0.0948. The lowest BCUT2D eigenvalue weighted by atomic mass is 10.1. The van der Waals surface area contributed by atoms with Crippen LogP contribution < -0.4 is 11.2 Å². The summed E-state index contributed by atoms with van der Waals surface area (Å²) in [4.78, 5) is 15.0. The highest BCUT2D eigenvalue weighted by Gasteiger charge is 2.25. The van der Waals surface area contributed by atoms with E-state index in [-0.39, 0.29) is 23.2 Å². The van der Waals surface area contributed by atoms with Crippen LogP contribution >= 0.6 is 11.3 Å². The molecule has 0 aliphatic carbocycles. The molecule has 3 aromatic rings. The van der Waals surface area contributed by atoms with Crippen LogP contribution in [-0.2, 0) is 0 Å². The Morgan fingerprint density at radius 3 is 2.67 bits per heavy atom. The van der Waals surface area contributed by atoms with E-state index in [0.29, 0.717) is 11.4 Å². The summed E-state index contributed by atoms with van der Waals surface area (Å²) in [5.41, 5.74) is 10.7. The minimum atomic E-state index is -0.469. The van der Waals surface area contributed by atoms with E-state index in [1.807, 2.05) is 40.7 Å². The van der Waals surface area contributed by atoms with Gasteiger partial charge in [-0.1, -0.05) is 19.1 Å². The van der Waals surface area contributed by atoms with Crippen LogP contribution in [0.15, 0.2) is 15.8 Å². The maximum absolute atomic E-state index is 12.6. The minimum Gasteiger partial charge on any atom is -0.378 e. The number of hydrazone groups is 1. The van der Waals surface area contributed by atoms with Crippen LogP contribution in [0.1, 0.15) is 58.2 Å². The van der Waals surface area contributed by atoms with Crippen molar-refractivity contribution in [1.29, 1.82) is 0 Å². The van der Waals surface area contributed by atoms with Crippen molar-refractivity contribution in [3.05, 3.63) is 32.8 Å². The average molecular weight is 388 g/mol. The third kappa shape index (κ3) is 3.58. The molecule has 10 nitrogen and oxygen atoms in total. The second-order valence-corrected chi connectivity index (χ2v) is 7.79. The highest BCUT2D eigenvalue weighted by atomic mass is 32.1. The Bertz CT molecular complexity index is 1010. The maximum Gasteiger partial charge on any atom is 0.293 e. The SMILES string of the molecule is CC(=NNC(=O)c1nnn(-c2nonc2N)c1C(C)C)c1cc(C)sc1C. The molecular weight excluding hydrogens is 368 g/mol. The molecule has 1 amide bonds. The van der Waals surface area contributed by atoms with Crippen molar-refractivity contribution in [1.82, 2.24) is 30.7 Å². The number of aromatic nitrogens is 5. The second-order valence-electron chi connectivity index (χ2n) is 6.33. The lowest BCUT2D eigenvalue weighted by Crippen LogP contribution is -2.22. The summed E-state index contributed by atoms with van der Waals surface area (Å²) in [6, 6.07) is 2.04. The van der Waals surface area contributed by atoms with Gasteiger partial charge in [-0.05, 0) is 43.1 Å². The Morgan fingerprint density at radius 2 is 2.11 bits per heavy atom. The van der Waals surface area contributed by atoms with Gasteiger partial charge in [0.2, 0.25) is 11.6 Å². The monoisotopic (exact) mass is 388 g/mol. The van der Waals surface area contributed by atoms with Gasteiger partial charge in [-0.2, -0.15) is 9.78 Å². The van der Waals surface area contributed by atoms with Gasteiger partial charge in [0.25, 0.3) is 5.91 Å². The van der Waals surface area contributed by atoms with Crippen LogP contribution in [0.4, 0.5) is 5.82 Å². The number of nitrogen functional groups attached to an aromatic ring is 1. The highest BCUT2D eigenvalue weighted by Crippen LogP contribution is 2.23. The fourth-order valence-corrected chi connectivity index (χ4v) is 3.68. The van der Waals surface area contributed by atoms with Crippen LogP contribution in [0.2, 0.25) is 0 Å².